The Labute approximate surface area is 153 Å². The van der Waals surface area contributed by atoms with Crippen LogP contribution in [-0.2, 0) is 19.0 Å². The van der Waals surface area contributed by atoms with Gasteiger partial charge in [-0.15, -0.1) is 0 Å². The lowest BCUT2D eigenvalue weighted by molar-refractivity contribution is -0.137. The van der Waals surface area contributed by atoms with Crippen molar-refractivity contribution in [3.63, 3.8) is 0 Å². The molecule has 1 aliphatic rings. The van der Waals surface area contributed by atoms with E-state index in [1.54, 1.807) is 0 Å². The maximum Gasteiger partial charge on any atom is 0.416 e. The number of nitrogens with zero attached hydrogens (tertiary/aromatic N) is 1. The molecule has 144 valence electrons. The SMILES string of the molecule is O=C(NCCc1ccc2c(n1)NCCC2)Nc1cc(F)cc(C(F)(F)F)c1. The fraction of sp³-hybridized carbons (Fsp3) is 0.333. The number of aryl methyl sites for hydroxylation is 1. The van der Waals surface area contributed by atoms with Gasteiger partial charge in [-0.05, 0) is 42.7 Å². The average molecular weight is 382 g/mol. The van der Waals surface area contributed by atoms with Crippen LogP contribution < -0.4 is 16.0 Å². The normalized spacial score (nSPS) is 13.5. The summed E-state index contributed by atoms with van der Waals surface area (Å²) in [6, 6.07) is 5.04. The zero-order valence-corrected chi connectivity index (χ0v) is 14.3. The first kappa shape index (κ1) is 18.9. The fourth-order valence-corrected chi connectivity index (χ4v) is 2.81. The molecule has 1 aliphatic heterocycles. The molecule has 0 radical (unpaired) electrons. The van der Waals surface area contributed by atoms with Gasteiger partial charge in [-0.3, -0.25) is 0 Å². The molecule has 9 heteroatoms. The minimum absolute atomic E-state index is 0.235. The van der Waals surface area contributed by atoms with Gasteiger partial charge < -0.3 is 16.0 Å². The van der Waals surface area contributed by atoms with E-state index in [4.69, 9.17) is 0 Å². The highest BCUT2D eigenvalue weighted by Gasteiger charge is 2.31. The van der Waals surface area contributed by atoms with Gasteiger partial charge in [0.15, 0.2) is 0 Å². The topological polar surface area (TPSA) is 66.0 Å². The number of amides is 2. The number of carbonyl (C=O) groups excluding carboxylic acids is 1. The molecule has 1 aromatic carbocycles. The van der Waals surface area contributed by atoms with Crippen LogP contribution in [0.2, 0.25) is 0 Å². The number of alkyl halides is 3. The number of rotatable bonds is 4. The van der Waals surface area contributed by atoms with Gasteiger partial charge in [0.1, 0.15) is 11.6 Å². The molecule has 1 aromatic heterocycles. The van der Waals surface area contributed by atoms with Gasteiger partial charge in [0.05, 0.1) is 5.56 Å². The number of halogens is 4. The van der Waals surface area contributed by atoms with Crippen LogP contribution in [0.25, 0.3) is 0 Å². The lowest BCUT2D eigenvalue weighted by Crippen LogP contribution is -2.30. The molecule has 27 heavy (non-hydrogen) atoms. The summed E-state index contributed by atoms with van der Waals surface area (Å²) < 4.78 is 51.4. The fourth-order valence-electron chi connectivity index (χ4n) is 2.81. The predicted molar refractivity (Wildman–Crippen MR) is 93.2 cm³/mol. The van der Waals surface area contributed by atoms with Crippen LogP contribution in [0.3, 0.4) is 0 Å². The molecule has 0 aliphatic carbocycles. The summed E-state index contributed by atoms with van der Waals surface area (Å²) in [6.45, 7) is 1.11. The molecular weight excluding hydrogens is 364 g/mol. The first-order valence-corrected chi connectivity index (χ1v) is 8.46. The van der Waals surface area contributed by atoms with Crippen molar-refractivity contribution in [2.45, 2.75) is 25.4 Å². The molecular formula is C18H18F4N4O. The molecule has 0 fully saturated rings. The summed E-state index contributed by atoms with van der Waals surface area (Å²) in [7, 11) is 0. The molecule has 2 heterocycles. The Morgan fingerprint density at radius 1 is 1.22 bits per heavy atom. The summed E-state index contributed by atoms with van der Waals surface area (Å²) in [5, 5.41) is 7.95. The molecule has 3 N–H and O–H groups in total. The number of nitrogens with one attached hydrogen (secondary N) is 3. The summed E-state index contributed by atoms with van der Waals surface area (Å²) in [6.07, 6.45) is -2.20. The van der Waals surface area contributed by atoms with Gasteiger partial charge in [0.25, 0.3) is 0 Å². The third-order valence-electron chi connectivity index (χ3n) is 4.10. The molecule has 0 unspecified atom stereocenters. The van der Waals surface area contributed by atoms with Crippen molar-refractivity contribution in [1.29, 1.82) is 0 Å². The highest BCUT2D eigenvalue weighted by Crippen LogP contribution is 2.31. The first-order valence-electron chi connectivity index (χ1n) is 8.46. The molecule has 0 atom stereocenters. The zero-order valence-electron chi connectivity index (χ0n) is 14.3. The summed E-state index contributed by atoms with van der Waals surface area (Å²) in [5.74, 6) is -0.228. The van der Waals surface area contributed by atoms with Crippen LogP contribution in [0.15, 0.2) is 30.3 Å². The van der Waals surface area contributed by atoms with Crippen molar-refractivity contribution in [2.75, 3.05) is 23.7 Å². The Morgan fingerprint density at radius 3 is 2.81 bits per heavy atom. The van der Waals surface area contributed by atoms with Gasteiger partial charge in [0.2, 0.25) is 0 Å². The molecule has 2 aromatic rings. The van der Waals surface area contributed by atoms with E-state index in [0.29, 0.717) is 18.6 Å². The monoisotopic (exact) mass is 382 g/mol. The molecule has 5 nitrogen and oxygen atoms in total. The largest absolute Gasteiger partial charge is 0.416 e. The first-order chi connectivity index (χ1) is 12.8. The Morgan fingerprint density at radius 2 is 2.04 bits per heavy atom. The number of hydrogen-bond acceptors (Lipinski definition) is 3. The van der Waals surface area contributed by atoms with Gasteiger partial charge >= 0.3 is 12.2 Å². The van der Waals surface area contributed by atoms with Crippen LogP contribution >= 0.6 is 0 Å². The average Bonchev–Trinajstić information content (AvgIpc) is 2.60. The van der Waals surface area contributed by atoms with Crippen molar-refractivity contribution in [1.82, 2.24) is 10.3 Å². The maximum absolute atomic E-state index is 13.3. The van der Waals surface area contributed by atoms with Gasteiger partial charge in [-0.1, -0.05) is 6.07 Å². The number of anilines is 2. The maximum atomic E-state index is 13.3. The number of pyridine rings is 1. The minimum Gasteiger partial charge on any atom is -0.370 e. The highest BCUT2D eigenvalue weighted by molar-refractivity contribution is 5.89. The van der Waals surface area contributed by atoms with Crippen LogP contribution in [0.4, 0.5) is 33.9 Å². The lowest BCUT2D eigenvalue weighted by Gasteiger charge is -2.17. The van der Waals surface area contributed by atoms with Crippen molar-refractivity contribution in [2.24, 2.45) is 0 Å². The molecule has 0 bridgehead atoms. The molecule has 3 rings (SSSR count). The Bertz CT molecular complexity index is 839. The summed E-state index contributed by atoms with van der Waals surface area (Å²) in [4.78, 5) is 16.3. The lowest BCUT2D eigenvalue weighted by atomic mass is 10.1. The van der Waals surface area contributed by atoms with Crippen molar-refractivity contribution in [3.05, 3.63) is 53.0 Å². The number of benzene rings is 1. The Hall–Kier alpha value is -2.84. The van der Waals surface area contributed by atoms with Crippen LogP contribution in [0, 0.1) is 5.82 Å². The number of fused-ring (bicyclic) bond motifs is 1. The van der Waals surface area contributed by atoms with E-state index < -0.39 is 23.6 Å². The summed E-state index contributed by atoms with van der Waals surface area (Å²) in [5.41, 5.74) is 0.510. The number of urea groups is 1. The quantitative estimate of drug-likeness (QED) is 0.702. The van der Waals surface area contributed by atoms with Gasteiger partial charge in [-0.25, -0.2) is 14.2 Å². The van der Waals surface area contributed by atoms with Crippen LogP contribution in [-0.4, -0.2) is 24.1 Å². The Balaban J connectivity index is 1.54. The molecule has 0 saturated heterocycles. The number of hydrogen-bond donors (Lipinski definition) is 3. The van der Waals surface area contributed by atoms with Crippen LogP contribution in [0.5, 0.6) is 0 Å². The second-order valence-corrected chi connectivity index (χ2v) is 6.20. The third kappa shape index (κ3) is 5.08. The molecule has 0 saturated carbocycles. The van der Waals surface area contributed by atoms with Crippen molar-refractivity contribution >= 4 is 17.5 Å². The number of aromatic nitrogens is 1. The van der Waals surface area contributed by atoms with Crippen molar-refractivity contribution in [3.8, 4) is 0 Å². The smallest absolute Gasteiger partial charge is 0.370 e. The van der Waals surface area contributed by atoms with Gasteiger partial charge in [0, 0.05) is 30.9 Å². The Kier molecular flexibility index (Phi) is 5.48. The van der Waals surface area contributed by atoms with E-state index >= 15 is 0 Å². The van der Waals surface area contributed by atoms with E-state index in [1.165, 1.54) is 0 Å². The van der Waals surface area contributed by atoms with E-state index in [2.05, 4.69) is 20.9 Å². The van der Waals surface area contributed by atoms with Crippen LogP contribution in [0.1, 0.15) is 23.2 Å². The van der Waals surface area contributed by atoms with Crippen molar-refractivity contribution < 1.29 is 22.4 Å². The predicted octanol–water partition coefficient (Wildman–Crippen LogP) is 3.96. The summed E-state index contributed by atoms with van der Waals surface area (Å²) >= 11 is 0. The van der Waals surface area contributed by atoms with E-state index in [0.717, 1.165) is 42.5 Å². The third-order valence-corrected chi connectivity index (χ3v) is 4.10. The van der Waals surface area contributed by atoms with E-state index in [9.17, 15) is 22.4 Å². The minimum atomic E-state index is -4.69. The molecule has 0 spiro atoms. The number of carbonyl (C=O) groups is 1. The second-order valence-electron chi connectivity index (χ2n) is 6.20. The van der Waals surface area contributed by atoms with E-state index in [1.807, 2.05) is 12.1 Å². The van der Waals surface area contributed by atoms with E-state index in [-0.39, 0.29) is 12.2 Å². The highest BCUT2D eigenvalue weighted by atomic mass is 19.4. The van der Waals surface area contributed by atoms with Gasteiger partial charge in [-0.2, -0.15) is 13.2 Å². The molecule has 2 amide bonds. The zero-order chi connectivity index (χ0) is 19.4. The standard InChI is InChI=1S/C18H18F4N4O/c19-13-8-12(18(20,21)22)9-15(10-13)26-17(27)24-7-5-14-4-3-11-2-1-6-23-16(11)25-14/h3-4,8-10H,1-2,5-7H2,(H,23,25)(H2,24,26,27). The second kappa shape index (κ2) is 7.81.